The van der Waals surface area contributed by atoms with Crippen LogP contribution in [0.5, 0.6) is 0 Å². The summed E-state index contributed by atoms with van der Waals surface area (Å²) in [4.78, 5) is 40.3. The van der Waals surface area contributed by atoms with Crippen LogP contribution in [-0.4, -0.2) is 46.8 Å². The lowest BCUT2D eigenvalue weighted by atomic mass is 9.98. The summed E-state index contributed by atoms with van der Waals surface area (Å²) in [6.45, 7) is 9.41. The van der Waals surface area contributed by atoms with Gasteiger partial charge in [0, 0.05) is 30.4 Å². The Bertz CT molecular complexity index is 961. The van der Waals surface area contributed by atoms with Crippen LogP contribution in [0.3, 0.4) is 0 Å². The van der Waals surface area contributed by atoms with E-state index in [0.717, 1.165) is 0 Å². The molecule has 0 saturated carbocycles. The molecule has 6 nitrogen and oxygen atoms in total. The van der Waals surface area contributed by atoms with Gasteiger partial charge in [-0.1, -0.05) is 13.8 Å². The number of Topliss-reactive ketones (excluding diaryl/α,β-unsaturated/α-hetero) is 1. The molecule has 7 heteroatoms. The minimum Gasteiger partial charge on any atom is -0.464 e. The van der Waals surface area contributed by atoms with Gasteiger partial charge in [-0.05, 0) is 56.5 Å². The van der Waals surface area contributed by atoms with Gasteiger partial charge >= 0.3 is 5.97 Å². The second kappa shape index (κ2) is 9.24. The lowest BCUT2D eigenvalue weighted by Crippen LogP contribution is -2.45. The third kappa shape index (κ3) is 4.45. The van der Waals surface area contributed by atoms with Crippen molar-refractivity contribution in [2.24, 2.45) is 13.0 Å². The number of halogens is 1. The molecule has 1 amide bonds. The third-order valence-corrected chi connectivity index (χ3v) is 5.32. The van der Waals surface area contributed by atoms with Gasteiger partial charge in [0.2, 0.25) is 0 Å². The van der Waals surface area contributed by atoms with Crippen molar-refractivity contribution in [3.63, 3.8) is 0 Å². The molecule has 0 aliphatic heterocycles. The number of esters is 1. The van der Waals surface area contributed by atoms with E-state index in [-0.39, 0.29) is 17.6 Å². The second-order valence-corrected chi connectivity index (χ2v) is 7.88. The van der Waals surface area contributed by atoms with Crippen molar-refractivity contribution >= 4 is 17.7 Å². The summed E-state index contributed by atoms with van der Waals surface area (Å²) in [5.74, 6) is -1.44. The van der Waals surface area contributed by atoms with E-state index in [1.54, 1.807) is 32.4 Å². The Labute approximate surface area is 176 Å². The van der Waals surface area contributed by atoms with Crippen molar-refractivity contribution in [2.45, 2.75) is 40.7 Å². The fourth-order valence-electron chi connectivity index (χ4n) is 3.65. The summed E-state index contributed by atoms with van der Waals surface area (Å²) in [5, 5.41) is 0. The molecule has 0 fully saturated rings. The number of benzene rings is 1. The fraction of sp³-hybridized carbons (Fsp3) is 0.435. The number of hydrogen-bond acceptors (Lipinski definition) is 4. The van der Waals surface area contributed by atoms with E-state index in [1.807, 2.05) is 13.8 Å². The minimum atomic E-state index is -0.768. The number of rotatable bonds is 7. The van der Waals surface area contributed by atoms with Crippen molar-refractivity contribution in [2.75, 3.05) is 13.7 Å². The summed E-state index contributed by atoms with van der Waals surface area (Å²) >= 11 is 0. The average Bonchev–Trinajstić information content (AvgIpc) is 2.93. The fourth-order valence-corrected chi connectivity index (χ4v) is 3.65. The van der Waals surface area contributed by atoms with Crippen molar-refractivity contribution in [3.8, 4) is 0 Å². The second-order valence-electron chi connectivity index (χ2n) is 7.88. The number of ether oxygens (including phenoxy) is 1. The van der Waals surface area contributed by atoms with Gasteiger partial charge in [-0.3, -0.25) is 9.59 Å². The van der Waals surface area contributed by atoms with Crippen LogP contribution in [0.15, 0.2) is 24.3 Å². The number of nitrogens with zero attached hydrogens (tertiary/aromatic N) is 2. The van der Waals surface area contributed by atoms with Gasteiger partial charge in [-0.25, -0.2) is 9.18 Å². The van der Waals surface area contributed by atoms with Crippen molar-refractivity contribution < 1.29 is 23.5 Å². The van der Waals surface area contributed by atoms with Gasteiger partial charge < -0.3 is 14.2 Å². The molecule has 0 N–H and O–H groups in total. The summed E-state index contributed by atoms with van der Waals surface area (Å²) in [5.41, 5.74) is 2.19. The van der Waals surface area contributed by atoms with E-state index < -0.39 is 17.8 Å². The summed E-state index contributed by atoms with van der Waals surface area (Å²) in [7, 11) is 2.99. The molecule has 0 saturated heterocycles. The highest BCUT2D eigenvalue weighted by Gasteiger charge is 2.33. The highest BCUT2D eigenvalue weighted by Crippen LogP contribution is 2.25. The molecule has 0 radical (unpaired) electrons. The van der Waals surface area contributed by atoms with Crippen LogP contribution in [-0.2, 0) is 11.8 Å². The summed E-state index contributed by atoms with van der Waals surface area (Å²) < 4.78 is 19.8. The van der Waals surface area contributed by atoms with Crippen LogP contribution >= 0.6 is 0 Å². The molecule has 0 spiro atoms. The Morgan fingerprint density at radius 1 is 1.10 bits per heavy atom. The van der Waals surface area contributed by atoms with Crippen LogP contribution in [0, 0.1) is 25.6 Å². The molecule has 0 aliphatic rings. The highest BCUT2D eigenvalue weighted by molar-refractivity contribution is 6.07. The maximum atomic E-state index is 13.5. The van der Waals surface area contributed by atoms with Crippen LogP contribution in [0.2, 0.25) is 0 Å². The number of aromatic nitrogens is 1. The van der Waals surface area contributed by atoms with Crippen molar-refractivity contribution in [1.29, 1.82) is 0 Å². The standard InChI is InChI=1S/C23H29FN2O4/c1-13(2)12-26(22(28)17-8-10-18(24)11-9-17)16(5)21(27)19-14(3)20(23(29)30-7)25(6)15(19)4/h8-11,13,16H,12H2,1-7H3. The molecule has 1 aromatic carbocycles. The first-order valence-corrected chi connectivity index (χ1v) is 9.86. The summed E-state index contributed by atoms with van der Waals surface area (Å²) in [6.07, 6.45) is 0. The maximum absolute atomic E-state index is 13.5. The van der Waals surface area contributed by atoms with E-state index in [1.165, 1.54) is 36.3 Å². The molecule has 162 valence electrons. The van der Waals surface area contributed by atoms with E-state index in [9.17, 15) is 18.8 Å². The molecule has 0 bridgehead atoms. The Kier molecular flexibility index (Phi) is 7.18. The predicted molar refractivity (Wildman–Crippen MR) is 112 cm³/mol. The molecule has 1 heterocycles. The Balaban J connectivity index is 2.47. The first-order valence-electron chi connectivity index (χ1n) is 9.86. The van der Waals surface area contributed by atoms with E-state index in [0.29, 0.717) is 34.6 Å². The normalized spacial score (nSPS) is 12.0. The van der Waals surface area contributed by atoms with E-state index >= 15 is 0 Å². The third-order valence-electron chi connectivity index (χ3n) is 5.32. The molecule has 2 aromatic rings. The topological polar surface area (TPSA) is 68.6 Å². The molecule has 0 aliphatic carbocycles. The van der Waals surface area contributed by atoms with Gasteiger partial charge in [0.15, 0.2) is 5.78 Å². The largest absolute Gasteiger partial charge is 0.464 e. The van der Waals surface area contributed by atoms with Crippen LogP contribution in [0.1, 0.15) is 63.2 Å². The number of methoxy groups -OCH3 is 1. The quantitative estimate of drug-likeness (QED) is 0.506. The predicted octanol–water partition coefficient (Wildman–Crippen LogP) is 3.94. The SMILES string of the molecule is COC(=O)c1c(C)c(C(=O)C(C)N(CC(C)C)C(=O)c2ccc(F)cc2)c(C)n1C. The number of carbonyl (C=O) groups excluding carboxylic acids is 3. The highest BCUT2D eigenvalue weighted by atomic mass is 19.1. The van der Waals surface area contributed by atoms with Crippen LogP contribution in [0.4, 0.5) is 4.39 Å². The van der Waals surface area contributed by atoms with Gasteiger partial charge in [-0.2, -0.15) is 0 Å². The Hall–Kier alpha value is -2.96. The van der Waals surface area contributed by atoms with Crippen LogP contribution in [0.25, 0.3) is 0 Å². The molecule has 1 atom stereocenters. The number of amides is 1. The molecule has 2 rings (SSSR count). The van der Waals surface area contributed by atoms with Gasteiger partial charge in [0.25, 0.3) is 5.91 Å². The maximum Gasteiger partial charge on any atom is 0.354 e. The van der Waals surface area contributed by atoms with Gasteiger partial charge in [0.05, 0.1) is 13.2 Å². The number of carbonyl (C=O) groups is 3. The first kappa shape index (κ1) is 23.3. The molecule has 30 heavy (non-hydrogen) atoms. The molecule has 1 aromatic heterocycles. The number of ketones is 1. The lowest BCUT2D eigenvalue weighted by Gasteiger charge is -2.30. The van der Waals surface area contributed by atoms with Crippen molar-refractivity contribution in [1.82, 2.24) is 9.47 Å². The minimum absolute atomic E-state index is 0.119. The average molecular weight is 416 g/mol. The Morgan fingerprint density at radius 2 is 1.67 bits per heavy atom. The molecular formula is C23H29FN2O4. The van der Waals surface area contributed by atoms with Crippen LogP contribution < -0.4 is 0 Å². The zero-order valence-electron chi connectivity index (χ0n) is 18.6. The lowest BCUT2D eigenvalue weighted by molar-refractivity contribution is 0.0587. The van der Waals surface area contributed by atoms with E-state index in [4.69, 9.17) is 4.74 Å². The summed E-state index contributed by atoms with van der Waals surface area (Å²) in [6, 6.07) is 4.51. The van der Waals surface area contributed by atoms with Gasteiger partial charge in [0.1, 0.15) is 11.5 Å². The monoisotopic (exact) mass is 416 g/mol. The van der Waals surface area contributed by atoms with Crippen molar-refractivity contribution in [3.05, 3.63) is 58.2 Å². The van der Waals surface area contributed by atoms with E-state index in [2.05, 4.69) is 0 Å². The molecule has 1 unspecified atom stereocenters. The zero-order chi connectivity index (χ0) is 22.7. The van der Waals surface area contributed by atoms with Gasteiger partial charge in [-0.15, -0.1) is 0 Å². The molecular weight excluding hydrogens is 387 g/mol. The number of hydrogen-bond donors (Lipinski definition) is 0. The zero-order valence-corrected chi connectivity index (χ0v) is 18.6. The smallest absolute Gasteiger partial charge is 0.354 e. The Morgan fingerprint density at radius 3 is 2.17 bits per heavy atom. The first-order chi connectivity index (χ1) is 14.0.